The zero-order valence-corrected chi connectivity index (χ0v) is 12.4. The van der Waals surface area contributed by atoms with Gasteiger partial charge in [0, 0.05) is 5.56 Å². The van der Waals surface area contributed by atoms with E-state index < -0.39 is 23.5 Å². The van der Waals surface area contributed by atoms with Crippen molar-refractivity contribution in [2.45, 2.75) is 18.6 Å². The lowest BCUT2D eigenvalue weighted by atomic mass is 9.77. The lowest BCUT2D eigenvalue weighted by Crippen LogP contribution is -2.43. The number of ketones is 1. The summed E-state index contributed by atoms with van der Waals surface area (Å²) >= 11 is 0. The molecule has 2 fully saturated rings. The van der Waals surface area contributed by atoms with Crippen molar-refractivity contribution in [1.29, 1.82) is 0 Å². The molecule has 118 valence electrons. The van der Waals surface area contributed by atoms with E-state index in [-0.39, 0.29) is 24.2 Å². The van der Waals surface area contributed by atoms with E-state index >= 15 is 0 Å². The second-order valence-electron chi connectivity index (χ2n) is 6.18. The molecular formula is C17H15NO5. The SMILES string of the molecule is CC(=O)c1cccc(N2C(=O)[C@H]3[C@@H]4C=C[C@](CO)(O4)[C@H]3C2=O)c1. The average molecular weight is 313 g/mol. The van der Waals surface area contributed by atoms with Gasteiger partial charge in [-0.3, -0.25) is 14.4 Å². The van der Waals surface area contributed by atoms with Gasteiger partial charge >= 0.3 is 0 Å². The first kappa shape index (κ1) is 14.3. The van der Waals surface area contributed by atoms with Gasteiger partial charge in [-0.25, -0.2) is 4.90 Å². The maximum atomic E-state index is 12.8. The summed E-state index contributed by atoms with van der Waals surface area (Å²) in [5, 5.41) is 9.67. The highest BCUT2D eigenvalue weighted by molar-refractivity contribution is 6.23. The molecule has 2 saturated heterocycles. The smallest absolute Gasteiger partial charge is 0.241 e. The first-order valence-corrected chi connectivity index (χ1v) is 7.45. The number of hydrogen-bond donors (Lipinski definition) is 1. The summed E-state index contributed by atoms with van der Waals surface area (Å²) in [5.74, 6) is -2.19. The molecule has 4 rings (SSSR count). The molecule has 3 aliphatic heterocycles. The third-order valence-electron chi connectivity index (χ3n) is 4.91. The Morgan fingerprint density at radius 2 is 2.13 bits per heavy atom. The number of anilines is 1. The first-order valence-electron chi connectivity index (χ1n) is 7.45. The molecule has 1 N–H and O–H groups in total. The van der Waals surface area contributed by atoms with E-state index in [2.05, 4.69) is 0 Å². The van der Waals surface area contributed by atoms with E-state index in [0.717, 1.165) is 4.90 Å². The van der Waals surface area contributed by atoms with Gasteiger partial charge in [-0.1, -0.05) is 24.3 Å². The van der Waals surface area contributed by atoms with E-state index in [1.165, 1.54) is 6.92 Å². The average Bonchev–Trinajstić information content (AvgIpc) is 3.18. The van der Waals surface area contributed by atoms with E-state index in [1.54, 1.807) is 36.4 Å². The number of Topliss-reactive ketones (excluding diaryl/α,β-unsaturated/α-hetero) is 1. The molecule has 4 atom stereocenters. The van der Waals surface area contributed by atoms with Crippen LogP contribution < -0.4 is 4.90 Å². The Labute approximate surface area is 132 Å². The summed E-state index contributed by atoms with van der Waals surface area (Å²) in [7, 11) is 0. The summed E-state index contributed by atoms with van der Waals surface area (Å²) in [4.78, 5) is 38.2. The molecule has 0 spiro atoms. The minimum Gasteiger partial charge on any atom is -0.393 e. The van der Waals surface area contributed by atoms with Crippen LogP contribution in [0.25, 0.3) is 0 Å². The number of benzene rings is 1. The van der Waals surface area contributed by atoms with Crippen LogP contribution in [0.5, 0.6) is 0 Å². The summed E-state index contributed by atoms with van der Waals surface area (Å²) < 4.78 is 5.68. The third kappa shape index (κ3) is 1.73. The van der Waals surface area contributed by atoms with Gasteiger partial charge in [0.15, 0.2) is 5.78 Å². The number of carbonyl (C=O) groups is 3. The fourth-order valence-electron chi connectivity index (χ4n) is 3.80. The van der Waals surface area contributed by atoms with Gasteiger partial charge in [-0.05, 0) is 19.1 Å². The molecule has 6 heteroatoms. The van der Waals surface area contributed by atoms with Crippen LogP contribution in [0.1, 0.15) is 17.3 Å². The van der Waals surface area contributed by atoms with E-state index in [4.69, 9.17) is 4.74 Å². The standard InChI is InChI=1S/C17H15NO5/c1-9(20)10-3-2-4-11(7-10)18-15(21)13-12-5-6-17(8-19,23-12)14(13)16(18)22/h2-7,12-14,19H,8H2,1H3/t12-,13-,14+,17+/m0/s1. The number of rotatable bonds is 3. The minimum absolute atomic E-state index is 0.136. The summed E-state index contributed by atoms with van der Waals surface area (Å²) in [5.41, 5.74) is -0.279. The number of aliphatic hydroxyl groups excluding tert-OH is 1. The van der Waals surface area contributed by atoms with Crippen LogP contribution in [-0.4, -0.2) is 41.0 Å². The topological polar surface area (TPSA) is 83.9 Å². The zero-order chi connectivity index (χ0) is 16.4. The Morgan fingerprint density at radius 3 is 2.83 bits per heavy atom. The monoisotopic (exact) mass is 313 g/mol. The first-order chi connectivity index (χ1) is 11.0. The van der Waals surface area contributed by atoms with Gasteiger partial charge in [-0.2, -0.15) is 0 Å². The molecule has 3 aliphatic rings. The molecule has 3 heterocycles. The molecule has 1 aromatic carbocycles. The van der Waals surface area contributed by atoms with Crippen molar-refractivity contribution in [3.8, 4) is 0 Å². The van der Waals surface area contributed by atoms with Crippen molar-refractivity contribution in [1.82, 2.24) is 0 Å². The molecule has 2 amide bonds. The summed E-state index contributed by atoms with van der Waals surface area (Å²) in [6, 6.07) is 6.46. The second kappa shape index (κ2) is 4.59. The van der Waals surface area contributed by atoms with Gasteiger partial charge in [0.2, 0.25) is 11.8 Å². The molecule has 0 unspecified atom stereocenters. The number of ether oxygens (including phenoxy) is 1. The minimum atomic E-state index is -1.10. The Hall–Kier alpha value is -2.31. The Balaban J connectivity index is 1.76. The van der Waals surface area contributed by atoms with Crippen molar-refractivity contribution >= 4 is 23.3 Å². The van der Waals surface area contributed by atoms with Gasteiger partial charge < -0.3 is 9.84 Å². The van der Waals surface area contributed by atoms with Crippen LogP contribution in [0.3, 0.4) is 0 Å². The number of amides is 2. The molecule has 0 aromatic heterocycles. The quantitative estimate of drug-likeness (QED) is 0.504. The Morgan fingerprint density at radius 1 is 1.35 bits per heavy atom. The molecule has 1 aromatic rings. The number of imide groups is 1. The summed E-state index contributed by atoms with van der Waals surface area (Å²) in [6.07, 6.45) is 2.93. The second-order valence-corrected chi connectivity index (χ2v) is 6.18. The molecular weight excluding hydrogens is 298 g/mol. The third-order valence-corrected chi connectivity index (χ3v) is 4.91. The normalized spacial score (nSPS) is 34.3. The number of fused-ring (bicyclic) bond motifs is 5. The lowest BCUT2D eigenvalue weighted by molar-refractivity contribution is -0.128. The number of aliphatic hydroxyl groups is 1. The van der Waals surface area contributed by atoms with Crippen LogP contribution in [0.2, 0.25) is 0 Å². The highest BCUT2D eigenvalue weighted by Gasteiger charge is 2.67. The molecule has 23 heavy (non-hydrogen) atoms. The molecule has 6 nitrogen and oxygen atoms in total. The molecule has 2 bridgehead atoms. The summed E-state index contributed by atoms with van der Waals surface area (Å²) in [6.45, 7) is 1.09. The Kier molecular flexibility index (Phi) is 2.86. The van der Waals surface area contributed by atoms with Crippen molar-refractivity contribution in [2.24, 2.45) is 11.8 Å². The van der Waals surface area contributed by atoms with Crippen LogP contribution in [0, 0.1) is 11.8 Å². The largest absolute Gasteiger partial charge is 0.393 e. The van der Waals surface area contributed by atoms with Crippen LogP contribution in [-0.2, 0) is 14.3 Å². The van der Waals surface area contributed by atoms with Crippen molar-refractivity contribution < 1.29 is 24.2 Å². The lowest BCUT2D eigenvalue weighted by Gasteiger charge is -2.26. The molecule has 0 aliphatic carbocycles. The molecule has 0 saturated carbocycles. The predicted octanol–water partition coefficient (Wildman–Crippen LogP) is 0.694. The van der Waals surface area contributed by atoms with Gasteiger partial charge in [0.05, 0.1) is 30.2 Å². The van der Waals surface area contributed by atoms with Gasteiger partial charge in [-0.15, -0.1) is 0 Å². The fraction of sp³-hybridized carbons (Fsp3) is 0.353. The highest BCUT2D eigenvalue weighted by Crippen LogP contribution is 2.52. The van der Waals surface area contributed by atoms with E-state index in [9.17, 15) is 19.5 Å². The molecule has 0 radical (unpaired) electrons. The number of nitrogens with zero attached hydrogens (tertiary/aromatic N) is 1. The van der Waals surface area contributed by atoms with Crippen molar-refractivity contribution in [3.63, 3.8) is 0 Å². The van der Waals surface area contributed by atoms with E-state index in [1.807, 2.05) is 0 Å². The van der Waals surface area contributed by atoms with Crippen LogP contribution in [0.15, 0.2) is 36.4 Å². The zero-order valence-electron chi connectivity index (χ0n) is 12.4. The fourth-order valence-corrected chi connectivity index (χ4v) is 3.80. The highest BCUT2D eigenvalue weighted by atomic mass is 16.5. The van der Waals surface area contributed by atoms with Crippen molar-refractivity contribution in [2.75, 3.05) is 11.5 Å². The van der Waals surface area contributed by atoms with Crippen LogP contribution in [0.4, 0.5) is 5.69 Å². The van der Waals surface area contributed by atoms with Gasteiger partial charge in [0.25, 0.3) is 0 Å². The predicted molar refractivity (Wildman–Crippen MR) is 79.7 cm³/mol. The van der Waals surface area contributed by atoms with Crippen LogP contribution >= 0.6 is 0 Å². The Bertz CT molecular complexity index is 770. The van der Waals surface area contributed by atoms with Crippen molar-refractivity contribution in [3.05, 3.63) is 42.0 Å². The maximum Gasteiger partial charge on any atom is 0.241 e. The maximum absolute atomic E-state index is 12.8. The van der Waals surface area contributed by atoms with Gasteiger partial charge in [0.1, 0.15) is 5.60 Å². The van der Waals surface area contributed by atoms with E-state index in [0.29, 0.717) is 11.3 Å². The number of hydrogen-bond acceptors (Lipinski definition) is 5. The number of carbonyl (C=O) groups excluding carboxylic acids is 3.